The van der Waals surface area contributed by atoms with E-state index in [1.807, 2.05) is 6.07 Å². The number of rotatable bonds is 6. The van der Waals surface area contributed by atoms with Gasteiger partial charge in [-0.05, 0) is 19.9 Å². The van der Waals surface area contributed by atoms with E-state index in [4.69, 9.17) is 4.74 Å². The monoisotopic (exact) mass is 319 g/mol. The molecule has 0 unspecified atom stereocenters. The lowest BCUT2D eigenvalue weighted by Crippen LogP contribution is -2.35. The maximum absolute atomic E-state index is 12.3. The first-order chi connectivity index (χ1) is 10.9. The molecule has 0 aliphatic carbocycles. The second-order valence-electron chi connectivity index (χ2n) is 5.35. The van der Waals surface area contributed by atoms with E-state index in [2.05, 4.69) is 20.4 Å². The topological polar surface area (TPSA) is 102 Å². The molecular weight excluding hydrogens is 298 g/mol. The summed E-state index contributed by atoms with van der Waals surface area (Å²) in [5.74, 6) is 0.260. The van der Waals surface area contributed by atoms with Gasteiger partial charge in [0.15, 0.2) is 0 Å². The van der Waals surface area contributed by atoms with Crippen LogP contribution in [0, 0.1) is 13.8 Å². The first-order valence-corrected chi connectivity index (χ1v) is 7.25. The Balaban J connectivity index is 2.14. The molecule has 1 amide bonds. The summed E-state index contributed by atoms with van der Waals surface area (Å²) in [7, 11) is 3.36. The lowest BCUT2D eigenvalue weighted by atomic mass is 10.1. The van der Waals surface area contributed by atoms with E-state index in [0.29, 0.717) is 23.7 Å². The molecule has 0 spiro atoms. The molecular formula is C15H21N5O3. The zero-order chi connectivity index (χ0) is 17.0. The number of nitrogens with zero attached hydrogens (tertiary/aromatic N) is 3. The molecule has 0 aliphatic rings. The van der Waals surface area contributed by atoms with Gasteiger partial charge in [-0.2, -0.15) is 5.10 Å². The largest absolute Gasteiger partial charge is 0.382 e. The minimum Gasteiger partial charge on any atom is -0.382 e. The molecule has 0 aliphatic heterocycles. The number of hydrogen-bond acceptors (Lipinski definition) is 5. The summed E-state index contributed by atoms with van der Waals surface area (Å²) < 4.78 is 6.84. The molecule has 0 aromatic carbocycles. The third-order valence-electron chi connectivity index (χ3n) is 3.56. The minimum atomic E-state index is -0.335. The Bertz CT molecular complexity index is 750. The third kappa shape index (κ3) is 4.04. The lowest BCUT2D eigenvalue weighted by molar-refractivity contribution is -0.121. The fraction of sp³-hybridized carbons (Fsp3) is 0.467. The number of nitrogens with one attached hydrogen (secondary N) is 2. The van der Waals surface area contributed by atoms with E-state index >= 15 is 0 Å². The van der Waals surface area contributed by atoms with Gasteiger partial charge in [-0.1, -0.05) is 0 Å². The third-order valence-corrected chi connectivity index (χ3v) is 3.56. The molecule has 0 saturated carbocycles. The van der Waals surface area contributed by atoms with Crippen molar-refractivity contribution in [3.8, 4) is 0 Å². The van der Waals surface area contributed by atoms with Gasteiger partial charge in [-0.3, -0.25) is 14.3 Å². The van der Waals surface area contributed by atoms with E-state index in [9.17, 15) is 9.59 Å². The Morgan fingerprint density at radius 1 is 1.48 bits per heavy atom. The quantitative estimate of drug-likeness (QED) is 0.790. The summed E-state index contributed by atoms with van der Waals surface area (Å²) >= 11 is 0. The summed E-state index contributed by atoms with van der Waals surface area (Å²) in [5.41, 5.74) is 1.47. The predicted octanol–water partition coefficient (Wildman–Crippen LogP) is 0.167. The molecule has 2 aromatic heterocycles. The van der Waals surface area contributed by atoms with Gasteiger partial charge in [-0.15, -0.1) is 0 Å². The molecule has 2 N–H and O–H groups in total. The second-order valence-corrected chi connectivity index (χ2v) is 5.35. The summed E-state index contributed by atoms with van der Waals surface area (Å²) in [6, 6.07) is 1.48. The van der Waals surface area contributed by atoms with Crippen LogP contribution in [0.4, 0.5) is 0 Å². The van der Waals surface area contributed by atoms with Crippen molar-refractivity contribution < 1.29 is 9.53 Å². The van der Waals surface area contributed by atoms with Gasteiger partial charge in [0.2, 0.25) is 5.91 Å². The Morgan fingerprint density at radius 3 is 2.78 bits per heavy atom. The highest BCUT2D eigenvalue weighted by atomic mass is 16.5. The van der Waals surface area contributed by atoms with Gasteiger partial charge in [0.25, 0.3) is 5.56 Å². The van der Waals surface area contributed by atoms with Crippen LogP contribution >= 0.6 is 0 Å². The number of aryl methyl sites for hydroxylation is 3. The van der Waals surface area contributed by atoms with Crippen molar-refractivity contribution in [3.63, 3.8) is 0 Å². The lowest BCUT2D eigenvalue weighted by Gasteiger charge is -2.18. The van der Waals surface area contributed by atoms with Gasteiger partial charge >= 0.3 is 0 Å². The number of carbonyl (C=O) groups is 1. The summed E-state index contributed by atoms with van der Waals surface area (Å²) in [5, 5.41) is 6.97. The number of amides is 1. The Morgan fingerprint density at radius 2 is 2.22 bits per heavy atom. The first-order valence-electron chi connectivity index (χ1n) is 7.25. The van der Waals surface area contributed by atoms with Crippen molar-refractivity contribution in [1.82, 2.24) is 25.1 Å². The zero-order valence-corrected chi connectivity index (χ0v) is 13.7. The van der Waals surface area contributed by atoms with Crippen LogP contribution in [-0.4, -0.2) is 39.4 Å². The van der Waals surface area contributed by atoms with Crippen LogP contribution in [0.2, 0.25) is 0 Å². The molecule has 8 nitrogen and oxygen atoms in total. The Hall–Kier alpha value is -2.48. The minimum absolute atomic E-state index is 0.0352. The number of H-pyrrole nitrogens is 1. The Kier molecular flexibility index (Phi) is 5.28. The molecule has 8 heteroatoms. The molecule has 0 saturated heterocycles. The van der Waals surface area contributed by atoms with Crippen molar-refractivity contribution in [2.75, 3.05) is 13.7 Å². The number of ether oxygens (including phenoxy) is 1. The number of aromatic nitrogens is 4. The zero-order valence-electron chi connectivity index (χ0n) is 13.7. The van der Waals surface area contributed by atoms with Gasteiger partial charge < -0.3 is 15.0 Å². The molecule has 2 rings (SSSR count). The smallest absolute Gasteiger partial charge is 0.254 e. The molecule has 2 heterocycles. The van der Waals surface area contributed by atoms with E-state index in [0.717, 1.165) is 5.69 Å². The molecule has 0 bridgehead atoms. The average Bonchev–Trinajstić information content (AvgIpc) is 2.88. The molecule has 1 atom stereocenters. The van der Waals surface area contributed by atoms with Gasteiger partial charge in [-0.25, -0.2) is 4.98 Å². The van der Waals surface area contributed by atoms with Crippen LogP contribution in [0.15, 0.2) is 17.1 Å². The summed E-state index contributed by atoms with van der Waals surface area (Å²) in [6.07, 6.45) is 1.62. The molecule has 23 heavy (non-hydrogen) atoms. The van der Waals surface area contributed by atoms with Crippen LogP contribution in [0.5, 0.6) is 0 Å². The SMILES string of the molecule is COC[C@@H](NC(=O)Cc1c(C)nc(C)[nH]c1=O)c1ccnn1C. The van der Waals surface area contributed by atoms with E-state index in [-0.39, 0.29) is 23.9 Å². The number of hydrogen-bond donors (Lipinski definition) is 2. The van der Waals surface area contributed by atoms with Crippen molar-refractivity contribution in [2.24, 2.45) is 7.05 Å². The maximum Gasteiger partial charge on any atom is 0.254 e. The van der Waals surface area contributed by atoms with Crippen molar-refractivity contribution in [2.45, 2.75) is 26.3 Å². The highest BCUT2D eigenvalue weighted by Crippen LogP contribution is 2.12. The standard InChI is InChI=1S/C15H21N5O3/c1-9-11(15(22)18-10(2)17-9)7-14(21)19-12(8-23-4)13-5-6-16-20(13)3/h5-6,12H,7-8H2,1-4H3,(H,19,21)(H,17,18,22)/t12-/m1/s1. The Labute approximate surface area is 133 Å². The van der Waals surface area contributed by atoms with Crippen molar-refractivity contribution in [3.05, 3.63) is 45.4 Å². The second kappa shape index (κ2) is 7.19. The van der Waals surface area contributed by atoms with Gasteiger partial charge in [0.1, 0.15) is 5.82 Å². The van der Waals surface area contributed by atoms with Gasteiger partial charge in [0, 0.05) is 31.6 Å². The van der Waals surface area contributed by atoms with E-state index in [1.54, 1.807) is 38.9 Å². The fourth-order valence-corrected chi connectivity index (χ4v) is 2.46. The van der Waals surface area contributed by atoms with E-state index in [1.165, 1.54) is 0 Å². The number of methoxy groups -OCH3 is 1. The summed E-state index contributed by atoms with van der Waals surface area (Å²) in [4.78, 5) is 31.1. The van der Waals surface area contributed by atoms with E-state index < -0.39 is 0 Å². The first kappa shape index (κ1) is 16.9. The number of carbonyl (C=O) groups excluding carboxylic acids is 1. The molecule has 0 radical (unpaired) electrons. The van der Waals surface area contributed by atoms with Crippen molar-refractivity contribution in [1.29, 1.82) is 0 Å². The van der Waals surface area contributed by atoms with Crippen molar-refractivity contribution >= 4 is 5.91 Å². The van der Waals surface area contributed by atoms with Crippen LogP contribution in [-0.2, 0) is 23.0 Å². The molecule has 0 fully saturated rings. The molecule has 2 aromatic rings. The highest BCUT2D eigenvalue weighted by Gasteiger charge is 2.19. The summed E-state index contributed by atoms with van der Waals surface area (Å²) in [6.45, 7) is 3.74. The molecule has 124 valence electrons. The van der Waals surface area contributed by atoms with Crippen LogP contribution in [0.3, 0.4) is 0 Å². The van der Waals surface area contributed by atoms with Crippen LogP contribution in [0.1, 0.15) is 28.8 Å². The highest BCUT2D eigenvalue weighted by molar-refractivity contribution is 5.79. The fourth-order valence-electron chi connectivity index (χ4n) is 2.46. The number of aromatic amines is 1. The van der Waals surface area contributed by atoms with Gasteiger partial charge in [0.05, 0.1) is 24.8 Å². The van der Waals surface area contributed by atoms with Crippen LogP contribution < -0.4 is 10.9 Å². The van der Waals surface area contributed by atoms with Crippen LogP contribution in [0.25, 0.3) is 0 Å². The predicted molar refractivity (Wildman–Crippen MR) is 84.0 cm³/mol. The maximum atomic E-state index is 12.3. The average molecular weight is 319 g/mol. The normalized spacial score (nSPS) is 12.2.